The number of nitrogens with one attached hydrogen (secondary N) is 2. The molecule has 2 aromatic rings. The van der Waals surface area contributed by atoms with Crippen LogP contribution >= 0.6 is 0 Å². The summed E-state index contributed by atoms with van der Waals surface area (Å²) in [6, 6.07) is 15.6. The number of carbonyl (C=O) groups is 2. The molecule has 156 valence electrons. The average molecular weight is 397 g/mol. The third-order valence-electron chi connectivity index (χ3n) is 4.74. The van der Waals surface area contributed by atoms with E-state index in [1.54, 1.807) is 24.3 Å². The Hall–Kier alpha value is -2.66. The Morgan fingerprint density at radius 1 is 0.828 bits per heavy atom. The third-order valence-corrected chi connectivity index (χ3v) is 4.74. The highest BCUT2D eigenvalue weighted by Crippen LogP contribution is 2.13. The zero-order chi connectivity index (χ0) is 21.4. The van der Waals surface area contributed by atoms with Crippen LogP contribution in [0.15, 0.2) is 54.6 Å². The van der Waals surface area contributed by atoms with Crippen molar-refractivity contribution in [2.24, 2.45) is 5.92 Å². The van der Waals surface area contributed by atoms with Gasteiger partial charge in [-0.05, 0) is 36.1 Å². The van der Waals surface area contributed by atoms with Gasteiger partial charge in [0.05, 0.1) is 12.1 Å². The maximum atomic E-state index is 13.1. The molecule has 2 aromatic carbocycles. The molecular formula is C24H32N2O3. The molecule has 0 aromatic heterocycles. The van der Waals surface area contributed by atoms with Gasteiger partial charge >= 0.3 is 0 Å². The summed E-state index contributed by atoms with van der Waals surface area (Å²) >= 11 is 0. The van der Waals surface area contributed by atoms with E-state index in [1.807, 2.05) is 58.0 Å². The molecule has 5 heteroatoms. The van der Waals surface area contributed by atoms with Gasteiger partial charge in [-0.15, -0.1) is 0 Å². The number of hydrogen-bond donors (Lipinski definition) is 3. The Morgan fingerprint density at radius 3 is 1.93 bits per heavy atom. The van der Waals surface area contributed by atoms with Crippen LogP contribution in [0.2, 0.25) is 0 Å². The Bertz CT molecular complexity index is 786. The summed E-state index contributed by atoms with van der Waals surface area (Å²) in [5, 5.41) is 15.8. The van der Waals surface area contributed by atoms with Crippen LogP contribution in [-0.2, 0) is 22.4 Å². The van der Waals surface area contributed by atoms with Crippen LogP contribution in [0.5, 0.6) is 5.75 Å². The molecule has 0 aliphatic carbocycles. The highest BCUT2D eigenvalue weighted by molar-refractivity contribution is 5.92. The van der Waals surface area contributed by atoms with Crippen LogP contribution < -0.4 is 10.6 Å². The van der Waals surface area contributed by atoms with Gasteiger partial charge in [0.15, 0.2) is 5.78 Å². The number of Topliss-reactive ketones (excluding diaryl/α,β-unsaturated/α-hetero) is 1. The van der Waals surface area contributed by atoms with Gasteiger partial charge in [-0.2, -0.15) is 0 Å². The van der Waals surface area contributed by atoms with E-state index >= 15 is 0 Å². The van der Waals surface area contributed by atoms with E-state index in [9.17, 15) is 14.7 Å². The average Bonchev–Trinajstić information content (AvgIpc) is 2.68. The van der Waals surface area contributed by atoms with Crippen molar-refractivity contribution in [3.8, 4) is 5.75 Å². The minimum Gasteiger partial charge on any atom is -0.508 e. The Morgan fingerprint density at radius 2 is 1.38 bits per heavy atom. The smallest absolute Gasteiger partial charge is 0.238 e. The van der Waals surface area contributed by atoms with Crippen LogP contribution in [0.25, 0.3) is 0 Å². The van der Waals surface area contributed by atoms with Crippen molar-refractivity contribution < 1.29 is 14.7 Å². The van der Waals surface area contributed by atoms with Crippen LogP contribution in [0.1, 0.15) is 38.8 Å². The van der Waals surface area contributed by atoms with Gasteiger partial charge in [0.25, 0.3) is 0 Å². The predicted molar refractivity (Wildman–Crippen MR) is 116 cm³/mol. The van der Waals surface area contributed by atoms with Crippen molar-refractivity contribution in [3.63, 3.8) is 0 Å². The first-order chi connectivity index (χ1) is 13.8. The van der Waals surface area contributed by atoms with E-state index in [0.717, 1.165) is 11.1 Å². The van der Waals surface area contributed by atoms with Gasteiger partial charge in [-0.1, -0.05) is 70.2 Å². The van der Waals surface area contributed by atoms with E-state index in [0.29, 0.717) is 12.8 Å². The van der Waals surface area contributed by atoms with E-state index in [4.69, 9.17) is 0 Å². The summed E-state index contributed by atoms with van der Waals surface area (Å²) in [5.74, 6) is -0.147. The van der Waals surface area contributed by atoms with Gasteiger partial charge in [0, 0.05) is 12.0 Å². The lowest BCUT2D eigenvalue weighted by molar-refractivity contribution is -0.130. The van der Waals surface area contributed by atoms with Crippen molar-refractivity contribution in [2.45, 2.75) is 58.7 Å². The molecule has 0 aliphatic heterocycles. The molecule has 0 aliphatic rings. The van der Waals surface area contributed by atoms with E-state index in [2.05, 4.69) is 10.6 Å². The summed E-state index contributed by atoms with van der Waals surface area (Å²) in [6.07, 6.45) is 0.940. The number of amides is 1. The number of carbonyl (C=O) groups excluding carboxylic acids is 2. The van der Waals surface area contributed by atoms with Crippen molar-refractivity contribution in [1.29, 1.82) is 0 Å². The molecule has 0 radical (unpaired) electrons. The van der Waals surface area contributed by atoms with E-state index < -0.39 is 12.1 Å². The zero-order valence-corrected chi connectivity index (χ0v) is 17.7. The molecule has 0 fully saturated rings. The topological polar surface area (TPSA) is 78.4 Å². The maximum Gasteiger partial charge on any atom is 0.238 e. The lowest BCUT2D eigenvalue weighted by Gasteiger charge is -2.25. The van der Waals surface area contributed by atoms with Crippen molar-refractivity contribution >= 4 is 11.7 Å². The summed E-state index contributed by atoms with van der Waals surface area (Å²) in [6.45, 7) is 7.68. The summed E-state index contributed by atoms with van der Waals surface area (Å²) in [7, 11) is 0. The predicted octanol–water partition coefficient (Wildman–Crippen LogP) is 3.25. The van der Waals surface area contributed by atoms with Crippen LogP contribution in [0, 0.1) is 5.92 Å². The highest BCUT2D eigenvalue weighted by atomic mass is 16.3. The van der Waals surface area contributed by atoms with Crippen LogP contribution in [-0.4, -0.2) is 34.9 Å². The standard InChI is InChI=1S/C24H32N2O3/c1-16(2)23(28)21(14-18-8-6-5-7-9-18)26-24(29)22(25-17(3)4)15-19-10-12-20(27)13-11-19/h5-13,16-17,21-22,25,27H,14-15H2,1-4H3,(H,26,29). The molecule has 2 atom stereocenters. The molecule has 0 saturated heterocycles. The number of ketones is 1. The monoisotopic (exact) mass is 396 g/mol. The van der Waals surface area contributed by atoms with Crippen LogP contribution in [0.3, 0.4) is 0 Å². The number of benzene rings is 2. The fraction of sp³-hybridized carbons (Fsp3) is 0.417. The quantitative estimate of drug-likeness (QED) is 0.576. The minimum absolute atomic E-state index is 0.0233. The Balaban J connectivity index is 2.17. The normalized spacial score (nSPS) is 13.3. The van der Waals surface area contributed by atoms with E-state index in [1.165, 1.54) is 0 Å². The summed E-state index contributed by atoms with van der Waals surface area (Å²) < 4.78 is 0. The van der Waals surface area contributed by atoms with Crippen molar-refractivity contribution in [2.75, 3.05) is 0 Å². The first kappa shape index (κ1) is 22.6. The zero-order valence-electron chi connectivity index (χ0n) is 17.7. The number of phenols is 1. The minimum atomic E-state index is -0.568. The molecule has 0 bridgehead atoms. The Kier molecular flexibility index (Phi) is 8.40. The van der Waals surface area contributed by atoms with E-state index in [-0.39, 0.29) is 29.4 Å². The fourth-order valence-corrected chi connectivity index (χ4v) is 3.24. The lowest BCUT2D eigenvalue weighted by Crippen LogP contribution is -2.53. The largest absolute Gasteiger partial charge is 0.508 e. The van der Waals surface area contributed by atoms with Crippen molar-refractivity contribution in [3.05, 3.63) is 65.7 Å². The maximum absolute atomic E-state index is 13.1. The molecule has 2 rings (SSSR count). The fourth-order valence-electron chi connectivity index (χ4n) is 3.24. The second-order valence-electron chi connectivity index (χ2n) is 8.05. The highest BCUT2D eigenvalue weighted by Gasteiger charge is 2.27. The second-order valence-corrected chi connectivity index (χ2v) is 8.05. The van der Waals surface area contributed by atoms with Crippen LogP contribution in [0.4, 0.5) is 0 Å². The molecule has 1 amide bonds. The lowest BCUT2D eigenvalue weighted by atomic mass is 9.95. The van der Waals surface area contributed by atoms with Gasteiger partial charge in [0.2, 0.25) is 5.91 Å². The first-order valence-corrected chi connectivity index (χ1v) is 10.2. The number of hydrogen-bond acceptors (Lipinski definition) is 4. The molecule has 29 heavy (non-hydrogen) atoms. The number of rotatable bonds is 10. The SMILES string of the molecule is CC(C)NC(Cc1ccc(O)cc1)C(=O)NC(Cc1ccccc1)C(=O)C(C)C. The third kappa shape index (κ3) is 7.35. The molecule has 0 heterocycles. The van der Waals surface area contributed by atoms with Gasteiger partial charge in [-0.25, -0.2) is 0 Å². The number of aromatic hydroxyl groups is 1. The van der Waals surface area contributed by atoms with Gasteiger partial charge in [0.1, 0.15) is 5.75 Å². The van der Waals surface area contributed by atoms with Crippen molar-refractivity contribution in [1.82, 2.24) is 10.6 Å². The molecule has 3 N–H and O–H groups in total. The molecular weight excluding hydrogens is 364 g/mol. The summed E-state index contributed by atoms with van der Waals surface area (Å²) in [4.78, 5) is 25.9. The van der Waals surface area contributed by atoms with Gasteiger partial charge in [-0.3, -0.25) is 9.59 Å². The first-order valence-electron chi connectivity index (χ1n) is 10.2. The molecule has 0 spiro atoms. The second kappa shape index (κ2) is 10.8. The molecule has 5 nitrogen and oxygen atoms in total. The Labute approximate surface area is 173 Å². The summed E-state index contributed by atoms with van der Waals surface area (Å²) in [5.41, 5.74) is 1.95. The molecule has 0 saturated carbocycles. The molecule has 2 unspecified atom stereocenters. The number of phenolic OH excluding ortho intramolecular Hbond substituents is 1. The van der Waals surface area contributed by atoms with Gasteiger partial charge < -0.3 is 15.7 Å².